The van der Waals surface area contributed by atoms with Gasteiger partial charge >= 0.3 is 5.69 Å². The number of aromatic nitrogens is 2. The number of carbonyl (C=O) groups excluding carboxylic acids is 1. The van der Waals surface area contributed by atoms with E-state index in [-0.39, 0.29) is 42.0 Å². The number of carbonyl (C=O) groups is 1. The van der Waals surface area contributed by atoms with Crippen LogP contribution in [0.3, 0.4) is 0 Å². The van der Waals surface area contributed by atoms with Gasteiger partial charge in [0, 0.05) is 30.3 Å². The van der Waals surface area contributed by atoms with Gasteiger partial charge in [0.05, 0.1) is 11.5 Å². The number of ether oxygens (including phenoxy) is 1. The molecule has 0 saturated heterocycles. The molecule has 30 heavy (non-hydrogen) atoms. The maximum atomic E-state index is 14.1. The third-order valence-electron chi connectivity index (χ3n) is 4.51. The highest BCUT2D eigenvalue weighted by molar-refractivity contribution is 7.20. The number of halogens is 1. The van der Waals surface area contributed by atoms with E-state index in [1.54, 1.807) is 12.1 Å². The summed E-state index contributed by atoms with van der Waals surface area (Å²) in [5.74, 6) is -0.986. The van der Waals surface area contributed by atoms with Gasteiger partial charge in [-0.25, -0.2) is 9.18 Å². The van der Waals surface area contributed by atoms with Crippen LogP contribution in [-0.4, -0.2) is 35.7 Å². The molecular formula is C20H23FN4O4S. The number of nitrogens with one attached hydrogen (secondary N) is 1. The number of fused-ring (bicyclic) bond motifs is 1. The fourth-order valence-electron chi connectivity index (χ4n) is 3.15. The highest BCUT2D eigenvalue weighted by atomic mass is 32.1. The molecule has 3 aromatic rings. The Bertz CT molecular complexity index is 1200. The summed E-state index contributed by atoms with van der Waals surface area (Å²) in [7, 11) is 1.46. The van der Waals surface area contributed by atoms with Crippen LogP contribution in [0.4, 0.5) is 15.9 Å². The normalized spacial score (nSPS) is 11.4. The first-order valence-electron chi connectivity index (χ1n) is 9.36. The lowest BCUT2D eigenvalue weighted by atomic mass is 10.2. The lowest BCUT2D eigenvalue weighted by Crippen LogP contribution is -2.42. The molecule has 0 atom stereocenters. The first-order valence-corrected chi connectivity index (χ1v) is 10.2. The van der Waals surface area contributed by atoms with Crippen molar-refractivity contribution in [2.75, 3.05) is 30.9 Å². The number of nitrogen functional groups attached to an aromatic ring is 1. The minimum Gasteiger partial charge on any atom is -0.383 e. The summed E-state index contributed by atoms with van der Waals surface area (Å²) in [6.45, 7) is 4.23. The van der Waals surface area contributed by atoms with Gasteiger partial charge in [0.15, 0.2) is 5.69 Å². The summed E-state index contributed by atoms with van der Waals surface area (Å²) in [4.78, 5) is 41.8. The van der Waals surface area contributed by atoms with Crippen molar-refractivity contribution < 1.29 is 13.9 Å². The minimum absolute atomic E-state index is 0.0270. The third kappa shape index (κ3) is 4.14. The second kappa shape index (κ2) is 8.80. The van der Waals surface area contributed by atoms with E-state index in [0.29, 0.717) is 10.1 Å². The molecule has 3 N–H and O–H groups in total. The first-order chi connectivity index (χ1) is 14.2. The average molecular weight is 434 g/mol. The van der Waals surface area contributed by atoms with E-state index in [2.05, 4.69) is 4.98 Å². The highest BCUT2D eigenvalue weighted by Gasteiger charge is 2.27. The molecule has 2 aromatic heterocycles. The number of nitrogens with two attached hydrogens (primary N) is 1. The predicted molar refractivity (Wildman–Crippen MR) is 116 cm³/mol. The van der Waals surface area contributed by atoms with Gasteiger partial charge < -0.3 is 10.5 Å². The first kappa shape index (κ1) is 21.7. The van der Waals surface area contributed by atoms with E-state index >= 15 is 0 Å². The smallest absolute Gasteiger partial charge is 0.330 e. The molecule has 0 aliphatic rings. The van der Waals surface area contributed by atoms with E-state index in [9.17, 15) is 18.8 Å². The van der Waals surface area contributed by atoms with E-state index in [4.69, 9.17) is 10.5 Å². The van der Waals surface area contributed by atoms with Crippen molar-refractivity contribution in [1.82, 2.24) is 9.55 Å². The molecule has 8 nitrogen and oxygen atoms in total. The fraction of sp³-hybridized carbons (Fsp3) is 0.350. The zero-order valence-corrected chi connectivity index (χ0v) is 17.7. The molecule has 3 rings (SSSR count). The Morgan fingerprint density at radius 3 is 2.73 bits per heavy atom. The van der Waals surface area contributed by atoms with Crippen molar-refractivity contribution in [3.8, 4) is 0 Å². The van der Waals surface area contributed by atoms with Crippen molar-refractivity contribution in [3.63, 3.8) is 0 Å². The van der Waals surface area contributed by atoms with Gasteiger partial charge in [-0.2, -0.15) is 0 Å². The van der Waals surface area contributed by atoms with Crippen LogP contribution in [0.15, 0.2) is 33.9 Å². The van der Waals surface area contributed by atoms with Crippen LogP contribution >= 0.6 is 11.3 Å². The molecule has 0 unspecified atom stereocenters. The number of nitrogens with zero attached hydrogens (tertiary/aromatic N) is 2. The van der Waals surface area contributed by atoms with Crippen molar-refractivity contribution in [1.29, 1.82) is 0 Å². The Labute approximate surface area is 175 Å². The SMILES string of the molecule is COCCN(C(=O)c1cc2c(F)cccc2s1)c1c(N)n(CC(C)C)c(=O)[nH]c1=O. The molecule has 0 aliphatic heterocycles. The van der Waals surface area contributed by atoms with Crippen LogP contribution in [0.1, 0.15) is 23.5 Å². The van der Waals surface area contributed by atoms with Gasteiger partial charge in [0.2, 0.25) is 0 Å². The van der Waals surface area contributed by atoms with E-state index < -0.39 is 23.0 Å². The van der Waals surface area contributed by atoms with Crippen LogP contribution in [0.2, 0.25) is 0 Å². The number of hydrogen-bond donors (Lipinski definition) is 2. The van der Waals surface area contributed by atoms with Crippen LogP contribution in [0.5, 0.6) is 0 Å². The maximum Gasteiger partial charge on any atom is 0.330 e. The number of benzene rings is 1. The van der Waals surface area contributed by atoms with Gasteiger partial charge in [0.25, 0.3) is 11.5 Å². The molecule has 160 valence electrons. The van der Waals surface area contributed by atoms with Gasteiger partial charge in [0.1, 0.15) is 11.6 Å². The average Bonchev–Trinajstić information content (AvgIpc) is 3.12. The molecule has 2 heterocycles. The van der Waals surface area contributed by atoms with Crippen molar-refractivity contribution in [3.05, 3.63) is 55.8 Å². The molecule has 0 saturated carbocycles. The molecule has 0 radical (unpaired) electrons. The molecule has 1 amide bonds. The molecule has 0 aliphatic carbocycles. The van der Waals surface area contributed by atoms with Gasteiger partial charge in [-0.1, -0.05) is 19.9 Å². The van der Waals surface area contributed by atoms with E-state index in [0.717, 1.165) is 11.3 Å². The maximum absolute atomic E-state index is 14.1. The standard InChI is InChI=1S/C20H23FN4O4S/c1-11(2)10-25-17(22)16(18(26)23-20(25)28)24(7-8-29-3)19(27)15-9-12-13(21)5-4-6-14(12)30-15/h4-6,9,11H,7-8,10,22H2,1-3H3,(H,23,26,28). The van der Waals surface area contributed by atoms with E-state index in [1.165, 1.54) is 28.7 Å². The number of amides is 1. The second-order valence-electron chi connectivity index (χ2n) is 7.21. The van der Waals surface area contributed by atoms with Gasteiger partial charge in [-0.15, -0.1) is 11.3 Å². The lowest BCUT2D eigenvalue weighted by Gasteiger charge is -2.24. The highest BCUT2D eigenvalue weighted by Crippen LogP contribution is 2.30. The molecule has 0 fully saturated rings. The predicted octanol–water partition coefficient (Wildman–Crippen LogP) is 2.42. The van der Waals surface area contributed by atoms with E-state index in [1.807, 2.05) is 13.8 Å². The zero-order valence-electron chi connectivity index (χ0n) is 16.9. The second-order valence-corrected chi connectivity index (χ2v) is 8.29. The Balaban J connectivity index is 2.14. The Kier molecular flexibility index (Phi) is 6.37. The lowest BCUT2D eigenvalue weighted by molar-refractivity contribution is 0.0979. The van der Waals surface area contributed by atoms with Gasteiger partial charge in [-0.3, -0.25) is 24.0 Å². The Morgan fingerprint density at radius 1 is 1.37 bits per heavy atom. The Hall–Kier alpha value is -2.98. The summed E-state index contributed by atoms with van der Waals surface area (Å²) < 4.78 is 21.0. The van der Waals surface area contributed by atoms with Crippen LogP contribution in [-0.2, 0) is 11.3 Å². The third-order valence-corrected chi connectivity index (χ3v) is 5.60. The summed E-state index contributed by atoms with van der Waals surface area (Å²) in [5, 5.41) is 0.323. The summed E-state index contributed by atoms with van der Waals surface area (Å²) in [6.07, 6.45) is 0. The molecule has 1 aromatic carbocycles. The number of anilines is 2. The Morgan fingerprint density at radius 2 is 2.10 bits per heavy atom. The quantitative estimate of drug-likeness (QED) is 0.593. The number of methoxy groups -OCH3 is 1. The number of rotatable bonds is 7. The zero-order chi connectivity index (χ0) is 22.0. The monoisotopic (exact) mass is 434 g/mol. The number of thiophene rings is 1. The minimum atomic E-state index is -0.769. The summed E-state index contributed by atoms with van der Waals surface area (Å²) >= 11 is 1.11. The molecule has 10 heteroatoms. The van der Waals surface area contributed by atoms with Crippen LogP contribution in [0, 0.1) is 11.7 Å². The fourth-order valence-corrected chi connectivity index (χ4v) is 4.17. The van der Waals surface area contributed by atoms with Gasteiger partial charge in [-0.05, 0) is 24.1 Å². The summed E-state index contributed by atoms with van der Waals surface area (Å²) in [5.41, 5.74) is 4.63. The topological polar surface area (TPSA) is 110 Å². The number of hydrogen-bond acceptors (Lipinski definition) is 6. The van der Waals surface area contributed by atoms with Crippen LogP contribution in [0.25, 0.3) is 10.1 Å². The van der Waals surface area contributed by atoms with Crippen molar-refractivity contribution in [2.45, 2.75) is 20.4 Å². The van der Waals surface area contributed by atoms with Crippen molar-refractivity contribution >= 4 is 38.8 Å². The summed E-state index contributed by atoms with van der Waals surface area (Å²) in [6, 6.07) is 6.04. The molecular weight excluding hydrogens is 411 g/mol. The number of aromatic amines is 1. The van der Waals surface area contributed by atoms with Crippen LogP contribution < -0.4 is 21.9 Å². The molecule has 0 bridgehead atoms. The molecule has 0 spiro atoms. The largest absolute Gasteiger partial charge is 0.383 e. The van der Waals surface area contributed by atoms with Crippen molar-refractivity contribution in [2.24, 2.45) is 5.92 Å². The number of H-pyrrole nitrogens is 1.